The summed E-state index contributed by atoms with van der Waals surface area (Å²) in [5.74, 6) is 0.0608. The molecule has 0 atom stereocenters. The zero-order valence-electron chi connectivity index (χ0n) is 10.7. The molecule has 7 heteroatoms. The number of hydrogen-bond acceptors (Lipinski definition) is 4. The van der Waals surface area contributed by atoms with Crippen LogP contribution in [-0.4, -0.2) is 17.7 Å². The highest BCUT2D eigenvalue weighted by Gasteiger charge is 2.15. The van der Waals surface area contributed by atoms with E-state index in [1.807, 2.05) is 0 Å². The molecule has 1 aromatic carbocycles. The number of fused-ring (bicyclic) bond motifs is 1. The molecule has 1 N–H and O–H groups in total. The fourth-order valence-corrected chi connectivity index (χ4v) is 2.20. The Kier molecular flexibility index (Phi) is 3.74. The van der Waals surface area contributed by atoms with Gasteiger partial charge < -0.3 is 14.8 Å². The largest absolute Gasteiger partial charge is 0.454 e. The molecule has 2 heterocycles. The van der Waals surface area contributed by atoms with Gasteiger partial charge in [0.25, 0.3) is 5.91 Å². The van der Waals surface area contributed by atoms with Crippen molar-refractivity contribution in [1.82, 2.24) is 10.3 Å². The third kappa shape index (κ3) is 2.97. The number of carbonyl (C=O) groups excluding carboxylic acids is 1. The number of ether oxygens (including phenoxy) is 2. The molecule has 1 aliphatic rings. The number of aromatic nitrogens is 1. The van der Waals surface area contributed by atoms with Gasteiger partial charge in [-0.25, -0.2) is 9.37 Å². The van der Waals surface area contributed by atoms with Crippen molar-refractivity contribution in [3.8, 4) is 11.5 Å². The molecule has 0 aliphatic carbocycles. The van der Waals surface area contributed by atoms with Crippen LogP contribution in [0.1, 0.15) is 16.1 Å². The van der Waals surface area contributed by atoms with Crippen molar-refractivity contribution in [2.75, 3.05) is 6.79 Å². The van der Waals surface area contributed by atoms with Crippen molar-refractivity contribution < 1.29 is 18.7 Å². The minimum absolute atomic E-state index is 0.194. The minimum atomic E-state index is -0.674. The lowest BCUT2D eigenvalue weighted by Crippen LogP contribution is -2.24. The summed E-state index contributed by atoms with van der Waals surface area (Å²) in [5, 5.41) is 2.61. The van der Waals surface area contributed by atoms with Crippen LogP contribution < -0.4 is 14.8 Å². The van der Waals surface area contributed by atoms with Gasteiger partial charge in [-0.15, -0.1) is 0 Å². The number of pyridine rings is 1. The normalized spacial score (nSPS) is 12.3. The highest BCUT2D eigenvalue weighted by atomic mass is 79.9. The van der Waals surface area contributed by atoms with E-state index in [0.29, 0.717) is 16.0 Å². The zero-order chi connectivity index (χ0) is 14.8. The topological polar surface area (TPSA) is 60.5 Å². The smallest absolute Gasteiger partial charge is 0.273 e. The Morgan fingerprint density at radius 2 is 2.14 bits per heavy atom. The lowest BCUT2D eigenvalue weighted by Gasteiger charge is -2.06. The average Bonchev–Trinajstić information content (AvgIpc) is 2.92. The summed E-state index contributed by atoms with van der Waals surface area (Å²) in [6, 6.07) is 6.54. The summed E-state index contributed by atoms with van der Waals surface area (Å²) < 4.78 is 24.5. The molecule has 1 aromatic heterocycles. The molecule has 108 valence electrons. The van der Waals surface area contributed by atoms with Crippen molar-refractivity contribution in [3.63, 3.8) is 0 Å². The fraction of sp³-hybridized carbons (Fsp3) is 0.143. The summed E-state index contributed by atoms with van der Waals surface area (Å²) in [6.07, 6.45) is 1.37. The maximum absolute atomic E-state index is 13.6. The molecule has 1 aliphatic heterocycles. The number of carbonyl (C=O) groups is 1. The first kappa shape index (κ1) is 13.8. The monoisotopic (exact) mass is 352 g/mol. The van der Waals surface area contributed by atoms with Gasteiger partial charge >= 0.3 is 0 Å². The summed E-state index contributed by atoms with van der Waals surface area (Å²) >= 11 is 3.09. The fourth-order valence-electron chi connectivity index (χ4n) is 1.90. The number of nitrogens with zero attached hydrogens (tertiary/aromatic N) is 1. The Morgan fingerprint density at radius 3 is 2.95 bits per heavy atom. The molecular weight excluding hydrogens is 343 g/mol. The molecule has 2 aromatic rings. The maximum Gasteiger partial charge on any atom is 0.273 e. The highest BCUT2D eigenvalue weighted by Crippen LogP contribution is 2.32. The van der Waals surface area contributed by atoms with Crippen molar-refractivity contribution in [3.05, 3.63) is 52.0 Å². The first-order chi connectivity index (χ1) is 10.1. The predicted molar refractivity (Wildman–Crippen MR) is 75.6 cm³/mol. The van der Waals surface area contributed by atoms with Gasteiger partial charge in [0, 0.05) is 17.2 Å². The summed E-state index contributed by atoms with van der Waals surface area (Å²) in [7, 11) is 0. The second-order valence-corrected chi connectivity index (χ2v) is 5.27. The minimum Gasteiger partial charge on any atom is -0.454 e. The van der Waals surface area contributed by atoms with Crippen molar-refractivity contribution in [2.45, 2.75) is 6.54 Å². The SMILES string of the molecule is O=C(NCc1ccc2c(c1)OCO2)c1ncc(Br)cc1F. The number of nitrogens with one attached hydrogen (secondary N) is 1. The third-order valence-corrected chi connectivity index (χ3v) is 3.35. The number of rotatable bonds is 3. The van der Waals surface area contributed by atoms with Gasteiger partial charge in [0.1, 0.15) is 0 Å². The van der Waals surface area contributed by atoms with Gasteiger partial charge in [0.2, 0.25) is 6.79 Å². The standard InChI is InChI=1S/C14H10BrFN2O3/c15-9-4-10(16)13(17-6-9)14(19)18-5-8-1-2-11-12(3-8)21-7-20-11/h1-4,6H,5,7H2,(H,18,19). The second-order valence-electron chi connectivity index (χ2n) is 4.35. The Labute approximate surface area is 128 Å². The number of halogens is 2. The van der Waals surface area contributed by atoms with E-state index < -0.39 is 11.7 Å². The van der Waals surface area contributed by atoms with Crippen molar-refractivity contribution in [2.24, 2.45) is 0 Å². The van der Waals surface area contributed by atoms with E-state index in [0.717, 1.165) is 5.56 Å². The molecule has 0 unspecified atom stereocenters. The molecule has 3 rings (SSSR count). The lowest BCUT2D eigenvalue weighted by molar-refractivity contribution is 0.0941. The van der Waals surface area contributed by atoms with Gasteiger partial charge in [-0.2, -0.15) is 0 Å². The van der Waals surface area contributed by atoms with Crippen molar-refractivity contribution in [1.29, 1.82) is 0 Å². The molecule has 0 spiro atoms. The number of benzene rings is 1. The van der Waals surface area contributed by atoms with Crippen LogP contribution in [0.5, 0.6) is 11.5 Å². The predicted octanol–water partition coefficient (Wildman–Crippen LogP) is 2.64. The first-order valence-corrected chi connectivity index (χ1v) is 6.90. The van der Waals surface area contributed by atoms with E-state index >= 15 is 0 Å². The molecule has 0 bridgehead atoms. The van der Waals surface area contributed by atoms with E-state index in [1.54, 1.807) is 18.2 Å². The lowest BCUT2D eigenvalue weighted by atomic mass is 10.2. The highest BCUT2D eigenvalue weighted by molar-refractivity contribution is 9.10. The second kappa shape index (κ2) is 5.69. The van der Waals surface area contributed by atoms with Crippen LogP contribution in [0.4, 0.5) is 4.39 Å². The number of hydrogen-bond donors (Lipinski definition) is 1. The van der Waals surface area contributed by atoms with Crippen LogP contribution >= 0.6 is 15.9 Å². The Morgan fingerprint density at radius 1 is 1.33 bits per heavy atom. The Bertz CT molecular complexity index is 709. The molecule has 0 fully saturated rings. The van der Waals surface area contributed by atoms with E-state index in [-0.39, 0.29) is 19.0 Å². The molecule has 1 amide bonds. The maximum atomic E-state index is 13.6. The summed E-state index contributed by atoms with van der Waals surface area (Å²) in [4.78, 5) is 15.7. The van der Waals surface area contributed by atoms with E-state index in [4.69, 9.17) is 9.47 Å². The molecule has 5 nitrogen and oxygen atoms in total. The van der Waals surface area contributed by atoms with Gasteiger partial charge in [-0.05, 0) is 39.7 Å². The van der Waals surface area contributed by atoms with E-state index in [2.05, 4.69) is 26.2 Å². The molecule has 21 heavy (non-hydrogen) atoms. The average molecular weight is 353 g/mol. The van der Waals surface area contributed by atoms with Crippen LogP contribution in [0.2, 0.25) is 0 Å². The molecular formula is C14H10BrFN2O3. The van der Waals surface area contributed by atoms with Gasteiger partial charge in [-0.1, -0.05) is 6.07 Å². The third-order valence-electron chi connectivity index (χ3n) is 2.91. The van der Waals surface area contributed by atoms with E-state index in [1.165, 1.54) is 12.3 Å². The summed E-state index contributed by atoms with van der Waals surface area (Å²) in [5.41, 5.74) is 0.587. The first-order valence-electron chi connectivity index (χ1n) is 6.11. The van der Waals surface area contributed by atoms with Crippen LogP contribution in [0.25, 0.3) is 0 Å². The van der Waals surface area contributed by atoms with Crippen LogP contribution in [0, 0.1) is 5.82 Å². The van der Waals surface area contributed by atoms with Crippen LogP contribution in [-0.2, 0) is 6.54 Å². The Hall–Kier alpha value is -2.15. The van der Waals surface area contributed by atoms with Crippen LogP contribution in [0.3, 0.4) is 0 Å². The molecule has 0 radical (unpaired) electrons. The summed E-state index contributed by atoms with van der Waals surface area (Å²) in [6.45, 7) is 0.436. The molecule has 0 saturated heterocycles. The van der Waals surface area contributed by atoms with Crippen molar-refractivity contribution >= 4 is 21.8 Å². The quantitative estimate of drug-likeness (QED) is 0.922. The van der Waals surface area contributed by atoms with Gasteiger partial charge in [0.15, 0.2) is 23.0 Å². The number of amides is 1. The zero-order valence-corrected chi connectivity index (χ0v) is 12.3. The van der Waals surface area contributed by atoms with Gasteiger partial charge in [0.05, 0.1) is 0 Å². The van der Waals surface area contributed by atoms with Crippen LogP contribution in [0.15, 0.2) is 34.9 Å². The molecule has 0 saturated carbocycles. The van der Waals surface area contributed by atoms with E-state index in [9.17, 15) is 9.18 Å². The van der Waals surface area contributed by atoms with Gasteiger partial charge in [-0.3, -0.25) is 4.79 Å². The Balaban J connectivity index is 1.68.